The molecule has 1 aliphatic carbocycles. The van der Waals surface area contributed by atoms with Gasteiger partial charge in [-0.25, -0.2) is 0 Å². The average molecular weight is 445 g/mol. The van der Waals surface area contributed by atoms with Crippen LogP contribution in [0.3, 0.4) is 0 Å². The second kappa shape index (κ2) is 8.63. The van der Waals surface area contributed by atoms with Crippen molar-refractivity contribution in [2.24, 2.45) is 0 Å². The molecule has 2 aromatic carbocycles. The Labute approximate surface area is 166 Å². The lowest BCUT2D eigenvalue weighted by atomic mass is 10.2. The van der Waals surface area contributed by atoms with Gasteiger partial charge in [0.05, 0.1) is 21.1 Å². The standard InChI is InChI=1S/C19H20BrCl2NO2/c1-2-24-18-9-13(10-23-14-4-5-14)7-15(20)19(18)25-11-12-3-6-16(21)17(22)8-12/h3,6-9,14,23H,2,4-5,10-11H2,1H3. The van der Waals surface area contributed by atoms with Crippen LogP contribution in [-0.2, 0) is 13.2 Å². The van der Waals surface area contributed by atoms with Crippen molar-refractivity contribution in [3.63, 3.8) is 0 Å². The molecular formula is C19H20BrCl2NO2. The van der Waals surface area contributed by atoms with E-state index in [4.69, 9.17) is 32.7 Å². The highest BCUT2D eigenvalue weighted by atomic mass is 79.9. The first-order chi connectivity index (χ1) is 12.1. The average Bonchev–Trinajstić information content (AvgIpc) is 3.40. The fraction of sp³-hybridized carbons (Fsp3) is 0.368. The summed E-state index contributed by atoms with van der Waals surface area (Å²) in [5.41, 5.74) is 2.12. The van der Waals surface area contributed by atoms with Crippen LogP contribution < -0.4 is 14.8 Å². The van der Waals surface area contributed by atoms with E-state index < -0.39 is 0 Å². The second-order valence-electron chi connectivity index (χ2n) is 6.03. The molecule has 3 nitrogen and oxygen atoms in total. The highest BCUT2D eigenvalue weighted by Crippen LogP contribution is 2.38. The van der Waals surface area contributed by atoms with Crippen molar-refractivity contribution in [2.75, 3.05) is 6.61 Å². The van der Waals surface area contributed by atoms with Gasteiger partial charge in [0.25, 0.3) is 0 Å². The van der Waals surface area contributed by atoms with Gasteiger partial charge in [-0.15, -0.1) is 0 Å². The molecule has 0 aromatic heterocycles. The summed E-state index contributed by atoms with van der Waals surface area (Å²) in [6.45, 7) is 3.76. The summed E-state index contributed by atoms with van der Waals surface area (Å²) in [5.74, 6) is 1.44. The van der Waals surface area contributed by atoms with Crippen LogP contribution >= 0.6 is 39.1 Å². The molecule has 0 saturated heterocycles. The van der Waals surface area contributed by atoms with Gasteiger partial charge in [-0.2, -0.15) is 0 Å². The molecule has 1 fully saturated rings. The molecule has 2 aromatic rings. The Bertz CT molecular complexity index is 750. The molecule has 134 valence electrons. The molecule has 0 heterocycles. The van der Waals surface area contributed by atoms with Gasteiger partial charge < -0.3 is 14.8 Å². The summed E-state index contributed by atoms with van der Waals surface area (Å²) in [6, 6.07) is 10.3. The molecule has 1 N–H and O–H groups in total. The third-order valence-electron chi connectivity index (χ3n) is 3.91. The van der Waals surface area contributed by atoms with E-state index in [0.29, 0.717) is 35.1 Å². The van der Waals surface area contributed by atoms with E-state index in [9.17, 15) is 0 Å². The van der Waals surface area contributed by atoms with E-state index in [1.54, 1.807) is 6.07 Å². The van der Waals surface area contributed by atoms with Crippen molar-refractivity contribution < 1.29 is 9.47 Å². The molecule has 0 unspecified atom stereocenters. The third kappa shape index (κ3) is 5.27. The van der Waals surface area contributed by atoms with Gasteiger partial charge >= 0.3 is 0 Å². The Hall–Kier alpha value is -0.940. The number of nitrogens with one attached hydrogen (secondary N) is 1. The Balaban J connectivity index is 1.74. The lowest BCUT2D eigenvalue weighted by Gasteiger charge is -2.16. The van der Waals surface area contributed by atoms with Gasteiger partial charge in [-0.1, -0.05) is 29.3 Å². The largest absolute Gasteiger partial charge is 0.490 e. The topological polar surface area (TPSA) is 30.5 Å². The lowest BCUT2D eigenvalue weighted by molar-refractivity contribution is 0.267. The number of rotatable bonds is 8. The quantitative estimate of drug-likeness (QED) is 0.542. The minimum absolute atomic E-state index is 0.384. The predicted molar refractivity (Wildman–Crippen MR) is 106 cm³/mol. The molecule has 6 heteroatoms. The van der Waals surface area contributed by atoms with Gasteiger partial charge in [-0.05, 0) is 71.1 Å². The Morgan fingerprint density at radius 3 is 2.56 bits per heavy atom. The summed E-state index contributed by atoms with van der Waals surface area (Å²) in [4.78, 5) is 0. The zero-order valence-electron chi connectivity index (χ0n) is 14.0. The Morgan fingerprint density at radius 2 is 1.88 bits per heavy atom. The summed E-state index contributed by atoms with van der Waals surface area (Å²) in [6.07, 6.45) is 2.54. The van der Waals surface area contributed by atoms with Crippen LogP contribution in [0.15, 0.2) is 34.8 Å². The minimum Gasteiger partial charge on any atom is -0.490 e. The monoisotopic (exact) mass is 443 g/mol. The fourth-order valence-corrected chi connectivity index (χ4v) is 3.39. The van der Waals surface area contributed by atoms with Crippen molar-refractivity contribution in [2.45, 2.75) is 39.0 Å². The number of benzene rings is 2. The molecule has 1 aliphatic rings. The van der Waals surface area contributed by atoms with E-state index in [0.717, 1.165) is 22.3 Å². The van der Waals surface area contributed by atoms with Crippen molar-refractivity contribution in [1.82, 2.24) is 5.32 Å². The van der Waals surface area contributed by atoms with Crippen LogP contribution in [0.25, 0.3) is 0 Å². The van der Waals surface area contributed by atoms with Crippen LogP contribution in [0.1, 0.15) is 30.9 Å². The normalized spacial score (nSPS) is 13.8. The summed E-state index contributed by atoms with van der Waals surface area (Å²) in [5, 5.41) is 4.57. The van der Waals surface area contributed by atoms with Crippen molar-refractivity contribution >= 4 is 39.1 Å². The number of hydrogen-bond acceptors (Lipinski definition) is 3. The highest BCUT2D eigenvalue weighted by molar-refractivity contribution is 9.10. The molecule has 3 rings (SSSR count). The maximum atomic E-state index is 6.07. The molecule has 0 amide bonds. The zero-order chi connectivity index (χ0) is 17.8. The van der Waals surface area contributed by atoms with Crippen molar-refractivity contribution in [3.8, 4) is 11.5 Å². The molecule has 0 bridgehead atoms. The summed E-state index contributed by atoms with van der Waals surface area (Å²) in [7, 11) is 0. The van der Waals surface area contributed by atoms with Crippen LogP contribution in [0.2, 0.25) is 10.0 Å². The van der Waals surface area contributed by atoms with E-state index >= 15 is 0 Å². The predicted octanol–water partition coefficient (Wildman–Crippen LogP) is 5.99. The Morgan fingerprint density at radius 1 is 1.08 bits per heavy atom. The maximum Gasteiger partial charge on any atom is 0.175 e. The number of halogens is 3. The molecule has 1 saturated carbocycles. The molecule has 0 atom stereocenters. The van der Waals surface area contributed by atoms with Crippen LogP contribution in [0.5, 0.6) is 11.5 Å². The first kappa shape index (κ1) is 18.8. The van der Waals surface area contributed by atoms with Crippen molar-refractivity contribution in [3.05, 3.63) is 56.0 Å². The van der Waals surface area contributed by atoms with Gasteiger partial charge in [0, 0.05) is 12.6 Å². The van der Waals surface area contributed by atoms with Gasteiger partial charge in [0.2, 0.25) is 0 Å². The van der Waals surface area contributed by atoms with Gasteiger partial charge in [0.15, 0.2) is 11.5 Å². The number of ether oxygens (including phenoxy) is 2. The minimum atomic E-state index is 0.384. The first-order valence-electron chi connectivity index (χ1n) is 8.32. The summed E-state index contributed by atoms with van der Waals surface area (Å²) < 4.78 is 12.7. The zero-order valence-corrected chi connectivity index (χ0v) is 17.0. The maximum absolute atomic E-state index is 6.07. The number of hydrogen-bond donors (Lipinski definition) is 1. The SMILES string of the molecule is CCOc1cc(CNC2CC2)cc(Br)c1OCc1ccc(Cl)c(Cl)c1. The molecular weight excluding hydrogens is 425 g/mol. The molecule has 0 spiro atoms. The highest BCUT2D eigenvalue weighted by Gasteiger charge is 2.20. The van der Waals surface area contributed by atoms with Gasteiger partial charge in [-0.3, -0.25) is 0 Å². The smallest absolute Gasteiger partial charge is 0.175 e. The van der Waals surface area contributed by atoms with Crippen molar-refractivity contribution in [1.29, 1.82) is 0 Å². The molecule has 0 radical (unpaired) electrons. The van der Waals surface area contributed by atoms with Crippen LogP contribution in [0.4, 0.5) is 0 Å². The van der Waals surface area contributed by atoms with Crippen LogP contribution in [-0.4, -0.2) is 12.6 Å². The van der Waals surface area contributed by atoms with Crippen LogP contribution in [0, 0.1) is 0 Å². The van der Waals surface area contributed by atoms with E-state index in [2.05, 4.69) is 27.3 Å². The molecule has 0 aliphatic heterocycles. The Kier molecular flexibility index (Phi) is 6.50. The van der Waals surface area contributed by atoms with E-state index in [1.165, 1.54) is 18.4 Å². The molecule has 25 heavy (non-hydrogen) atoms. The lowest BCUT2D eigenvalue weighted by Crippen LogP contribution is -2.15. The summed E-state index contributed by atoms with van der Waals surface area (Å²) >= 11 is 15.6. The second-order valence-corrected chi connectivity index (χ2v) is 7.70. The third-order valence-corrected chi connectivity index (χ3v) is 5.24. The van der Waals surface area contributed by atoms with E-state index in [1.807, 2.05) is 25.1 Å². The first-order valence-corrected chi connectivity index (χ1v) is 9.87. The van der Waals surface area contributed by atoms with Gasteiger partial charge in [0.1, 0.15) is 6.61 Å². The fourth-order valence-electron chi connectivity index (χ4n) is 2.46. The van der Waals surface area contributed by atoms with E-state index in [-0.39, 0.29) is 0 Å².